The maximum Gasteiger partial charge on any atom is 0.240 e. The van der Waals surface area contributed by atoms with Crippen LogP contribution in [-0.4, -0.2) is 31.0 Å². The third kappa shape index (κ3) is 5.24. The number of benzene rings is 2. The lowest BCUT2D eigenvalue weighted by Crippen LogP contribution is -2.26. The van der Waals surface area contributed by atoms with Crippen molar-refractivity contribution in [3.8, 4) is 16.2 Å². The molecule has 1 aromatic heterocycles. The Kier molecular flexibility index (Phi) is 6.55. The first-order valence-corrected chi connectivity index (χ1v) is 11.6. The number of phenolic OH excluding ortho intramolecular Hbond substituents is 1. The van der Waals surface area contributed by atoms with Gasteiger partial charge in [-0.2, -0.15) is 0 Å². The molecule has 0 atom stereocenters. The molecule has 0 saturated carbocycles. The molecule has 3 rings (SSSR count). The number of nitrogens with zero attached hydrogens (tertiary/aromatic N) is 1. The van der Waals surface area contributed by atoms with Crippen molar-refractivity contribution in [2.24, 2.45) is 0 Å². The lowest BCUT2D eigenvalue weighted by atomic mass is 10.1. The summed E-state index contributed by atoms with van der Waals surface area (Å²) in [5.41, 5.74) is 3.01. The number of amides is 1. The second kappa shape index (κ2) is 8.95. The van der Waals surface area contributed by atoms with Crippen molar-refractivity contribution in [2.75, 3.05) is 11.9 Å². The van der Waals surface area contributed by atoms with Gasteiger partial charge in [0.15, 0.2) is 5.13 Å². The van der Waals surface area contributed by atoms with Gasteiger partial charge in [-0.1, -0.05) is 35.6 Å². The Hall–Kier alpha value is -2.75. The van der Waals surface area contributed by atoms with Crippen LogP contribution in [0.2, 0.25) is 0 Å². The van der Waals surface area contributed by atoms with E-state index in [-0.39, 0.29) is 23.1 Å². The number of nitrogens with one attached hydrogen (secondary N) is 2. The lowest BCUT2D eigenvalue weighted by molar-refractivity contribution is -0.114. The SMILES string of the molecule is CC(=O)Nc1nc(C)c(-c2ccc(C)c(S(=O)(=O)NCCc3ccc(O)cc3)c2)s1. The van der Waals surface area contributed by atoms with Crippen molar-refractivity contribution in [3.05, 3.63) is 59.3 Å². The average molecular weight is 446 g/mol. The molecule has 158 valence electrons. The van der Waals surface area contributed by atoms with Crippen molar-refractivity contribution in [2.45, 2.75) is 32.1 Å². The first-order chi connectivity index (χ1) is 14.2. The Labute approximate surface area is 179 Å². The van der Waals surface area contributed by atoms with E-state index >= 15 is 0 Å². The average Bonchev–Trinajstić information content (AvgIpc) is 3.03. The molecular formula is C21H23N3O4S2. The van der Waals surface area contributed by atoms with Gasteiger partial charge >= 0.3 is 0 Å². The normalized spacial score (nSPS) is 11.4. The van der Waals surface area contributed by atoms with Crippen LogP contribution in [0.1, 0.15) is 23.7 Å². The smallest absolute Gasteiger partial charge is 0.240 e. The minimum atomic E-state index is -3.71. The summed E-state index contributed by atoms with van der Waals surface area (Å²) in [4.78, 5) is 16.6. The first kappa shape index (κ1) is 21.9. The van der Waals surface area contributed by atoms with Crippen molar-refractivity contribution in [1.82, 2.24) is 9.71 Å². The maximum absolute atomic E-state index is 12.9. The number of rotatable bonds is 7. The fourth-order valence-corrected chi connectivity index (χ4v) is 5.28. The third-order valence-corrected chi connectivity index (χ3v) is 7.19. The molecule has 0 aliphatic heterocycles. The lowest BCUT2D eigenvalue weighted by Gasteiger charge is -2.11. The third-order valence-electron chi connectivity index (χ3n) is 4.46. The standard InChI is InChI=1S/C21H23N3O4S2/c1-13-4-7-17(20-14(2)23-21(29-20)24-15(3)25)12-19(13)30(27,28)22-11-10-16-5-8-18(26)9-6-16/h4-9,12,22,26H,10-11H2,1-3H3,(H,23,24,25). The van der Waals surface area contributed by atoms with Crippen LogP contribution in [0.4, 0.5) is 5.13 Å². The molecule has 0 fully saturated rings. The number of anilines is 1. The van der Waals surface area contributed by atoms with Crippen LogP contribution in [-0.2, 0) is 21.2 Å². The highest BCUT2D eigenvalue weighted by atomic mass is 32.2. The molecule has 7 nitrogen and oxygen atoms in total. The molecule has 0 radical (unpaired) electrons. The predicted molar refractivity (Wildman–Crippen MR) is 118 cm³/mol. The largest absolute Gasteiger partial charge is 0.508 e. The number of sulfonamides is 1. The van der Waals surface area contributed by atoms with Gasteiger partial charge in [-0.3, -0.25) is 4.79 Å². The van der Waals surface area contributed by atoms with Gasteiger partial charge in [0.25, 0.3) is 0 Å². The van der Waals surface area contributed by atoms with Crippen molar-refractivity contribution >= 4 is 32.4 Å². The summed E-state index contributed by atoms with van der Waals surface area (Å²) in [6.45, 7) is 5.22. The molecule has 0 aliphatic rings. The molecule has 2 aromatic carbocycles. The zero-order valence-electron chi connectivity index (χ0n) is 16.9. The Balaban J connectivity index is 1.80. The molecule has 1 heterocycles. The number of aromatic nitrogens is 1. The van der Waals surface area contributed by atoms with Crippen LogP contribution in [0.25, 0.3) is 10.4 Å². The zero-order valence-corrected chi connectivity index (χ0v) is 18.5. The summed E-state index contributed by atoms with van der Waals surface area (Å²) < 4.78 is 28.4. The summed E-state index contributed by atoms with van der Waals surface area (Å²) >= 11 is 1.30. The Morgan fingerprint density at radius 2 is 1.83 bits per heavy atom. The number of aromatic hydroxyl groups is 1. The second-order valence-electron chi connectivity index (χ2n) is 6.91. The van der Waals surface area contributed by atoms with Gasteiger partial charge in [0.2, 0.25) is 15.9 Å². The van der Waals surface area contributed by atoms with Gasteiger partial charge in [0.1, 0.15) is 5.75 Å². The quantitative estimate of drug-likeness (QED) is 0.515. The number of thiazole rings is 1. The van der Waals surface area contributed by atoms with E-state index < -0.39 is 10.0 Å². The van der Waals surface area contributed by atoms with E-state index in [1.54, 1.807) is 43.3 Å². The van der Waals surface area contributed by atoms with E-state index in [4.69, 9.17) is 0 Å². The maximum atomic E-state index is 12.9. The van der Waals surface area contributed by atoms with Crippen LogP contribution in [0, 0.1) is 13.8 Å². The fourth-order valence-electron chi connectivity index (χ4n) is 2.97. The summed E-state index contributed by atoms with van der Waals surface area (Å²) in [6.07, 6.45) is 0.506. The molecule has 0 saturated heterocycles. The van der Waals surface area contributed by atoms with Crippen molar-refractivity contribution in [1.29, 1.82) is 0 Å². The van der Waals surface area contributed by atoms with E-state index in [0.29, 0.717) is 17.1 Å². The number of hydrogen-bond acceptors (Lipinski definition) is 6. The zero-order chi connectivity index (χ0) is 21.9. The molecule has 1 amide bonds. The van der Waals surface area contributed by atoms with E-state index in [1.165, 1.54) is 18.3 Å². The van der Waals surface area contributed by atoms with Crippen LogP contribution in [0.5, 0.6) is 5.75 Å². The fraction of sp³-hybridized carbons (Fsp3) is 0.238. The van der Waals surface area contributed by atoms with Gasteiger partial charge in [-0.25, -0.2) is 18.1 Å². The Bertz CT molecular complexity index is 1170. The summed E-state index contributed by atoms with van der Waals surface area (Å²) in [7, 11) is -3.71. The van der Waals surface area contributed by atoms with E-state index in [1.807, 2.05) is 13.0 Å². The highest BCUT2D eigenvalue weighted by Crippen LogP contribution is 2.34. The van der Waals surface area contributed by atoms with Gasteiger partial charge < -0.3 is 10.4 Å². The second-order valence-corrected chi connectivity index (χ2v) is 9.64. The van der Waals surface area contributed by atoms with Crippen molar-refractivity contribution in [3.63, 3.8) is 0 Å². The van der Waals surface area contributed by atoms with Crippen LogP contribution < -0.4 is 10.0 Å². The molecule has 3 aromatic rings. The van der Waals surface area contributed by atoms with E-state index in [9.17, 15) is 18.3 Å². The van der Waals surface area contributed by atoms with Gasteiger partial charge in [0.05, 0.1) is 15.5 Å². The van der Waals surface area contributed by atoms with Gasteiger partial charge in [-0.15, -0.1) is 0 Å². The number of carbonyl (C=O) groups excluding carboxylic acids is 1. The molecule has 9 heteroatoms. The van der Waals surface area contributed by atoms with Crippen LogP contribution in [0.3, 0.4) is 0 Å². The predicted octanol–water partition coefficient (Wildman–Crippen LogP) is 3.61. The number of hydrogen-bond donors (Lipinski definition) is 3. The first-order valence-electron chi connectivity index (χ1n) is 9.29. The highest BCUT2D eigenvalue weighted by molar-refractivity contribution is 7.89. The van der Waals surface area contributed by atoms with Crippen LogP contribution >= 0.6 is 11.3 Å². The minimum Gasteiger partial charge on any atom is -0.508 e. The Morgan fingerprint density at radius 1 is 1.13 bits per heavy atom. The van der Waals surface area contributed by atoms with Gasteiger partial charge in [0, 0.05) is 13.5 Å². The monoisotopic (exact) mass is 445 g/mol. The molecular weight excluding hydrogens is 422 g/mol. The highest BCUT2D eigenvalue weighted by Gasteiger charge is 2.19. The molecule has 3 N–H and O–H groups in total. The van der Waals surface area contributed by atoms with E-state index in [2.05, 4.69) is 15.0 Å². The molecule has 0 spiro atoms. The molecule has 0 unspecified atom stereocenters. The molecule has 0 aliphatic carbocycles. The molecule has 0 bridgehead atoms. The minimum absolute atomic E-state index is 0.173. The number of phenols is 1. The summed E-state index contributed by atoms with van der Waals surface area (Å²) in [5.74, 6) is -0.0351. The van der Waals surface area contributed by atoms with Crippen LogP contribution in [0.15, 0.2) is 47.4 Å². The summed E-state index contributed by atoms with van der Waals surface area (Å²) in [5, 5.41) is 12.5. The van der Waals surface area contributed by atoms with E-state index in [0.717, 1.165) is 21.7 Å². The topological polar surface area (TPSA) is 108 Å². The summed E-state index contributed by atoms with van der Waals surface area (Å²) in [6, 6.07) is 11.9. The number of aryl methyl sites for hydroxylation is 2. The van der Waals surface area contributed by atoms with Gasteiger partial charge in [-0.05, 0) is 55.2 Å². The Morgan fingerprint density at radius 3 is 2.50 bits per heavy atom. The number of carbonyl (C=O) groups is 1. The molecule has 30 heavy (non-hydrogen) atoms. The van der Waals surface area contributed by atoms with Crippen molar-refractivity contribution < 1.29 is 18.3 Å².